The quantitative estimate of drug-likeness (QED) is 0.742. The first-order valence-corrected chi connectivity index (χ1v) is 5.02. The van der Waals surface area contributed by atoms with Gasteiger partial charge in [-0.25, -0.2) is 4.98 Å². The highest BCUT2D eigenvalue weighted by Gasteiger charge is 2.07. The molecule has 4 heteroatoms. The summed E-state index contributed by atoms with van der Waals surface area (Å²) in [5.41, 5.74) is 6.45. The number of aromatic nitrogens is 2. The van der Waals surface area contributed by atoms with Crippen LogP contribution in [0.3, 0.4) is 0 Å². The van der Waals surface area contributed by atoms with Crippen molar-refractivity contribution in [2.24, 2.45) is 5.73 Å². The Labute approximate surface area is 85.0 Å². The van der Waals surface area contributed by atoms with E-state index in [0.717, 1.165) is 24.4 Å². The molecule has 78 valence electrons. The Hall–Kier alpha value is -1.16. The summed E-state index contributed by atoms with van der Waals surface area (Å²) >= 11 is 0. The molecule has 3 N–H and O–H groups in total. The van der Waals surface area contributed by atoms with Crippen molar-refractivity contribution in [3.8, 4) is 0 Å². The van der Waals surface area contributed by atoms with Gasteiger partial charge in [0, 0.05) is 18.4 Å². The second kappa shape index (κ2) is 5.54. The van der Waals surface area contributed by atoms with E-state index in [-0.39, 0.29) is 0 Å². The molecule has 0 aliphatic rings. The van der Waals surface area contributed by atoms with Gasteiger partial charge in [-0.05, 0) is 26.3 Å². The fourth-order valence-electron chi connectivity index (χ4n) is 1.32. The van der Waals surface area contributed by atoms with E-state index in [1.165, 1.54) is 0 Å². The molecule has 1 atom stereocenters. The van der Waals surface area contributed by atoms with Gasteiger partial charge in [-0.2, -0.15) is 0 Å². The third kappa shape index (κ3) is 2.96. The molecule has 0 saturated heterocycles. The first kappa shape index (κ1) is 10.9. The van der Waals surface area contributed by atoms with E-state index in [9.17, 15) is 0 Å². The van der Waals surface area contributed by atoms with E-state index in [1.807, 2.05) is 6.92 Å². The van der Waals surface area contributed by atoms with E-state index < -0.39 is 0 Å². The number of hydrogen-bond acceptors (Lipinski definition) is 4. The van der Waals surface area contributed by atoms with Crippen LogP contribution in [0.5, 0.6) is 0 Å². The lowest BCUT2D eigenvalue weighted by atomic mass is 10.1. The van der Waals surface area contributed by atoms with E-state index in [1.54, 1.807) is 12.4 Å². The van der Waals surface area contributed by atoms with Crippen molar-refractivity contribution >= 4 is 5.82 Å². The van der Waals surface area contributed by atoms with Gasteiger partial charge in [-0.15, -0.1) is 0 Å². The van der Waals surface area contributed by atoms with E-state index in [4.69, 9.17) is 5.73 Å². The number of hydrogen-bond donors (Lipinski definition) is 2. The molecule has 0 saturated carbocycles. The maximum atomic E-state index is 5.52. The molecular weight excluding hydrogens is 176 g/mol. The van der Waals surface area contributed by atoms with Crippen LogP contribution in [0.4, 0.5) is 5.82 Å². The number of nitrogens with one attached hydrogen (secondary N) is 1. The number of anilines is 1. The standard InChI is InChI=1S/C10H18N4/c1-3-9(4-5-11)14-10-8(2)12-6-7-13-10/h6-7,9H,3-5,11H2,1-2H3,(H,13,14). The molecule has 14 heavy (non-hydrogen) atoms. The minimum atomic E-state index is 0.399. The maximum absolute atomic E-state index is 5.52. The van der Waals surface area contributed by atoms with Crippen LogP contribution < -0.4 is 11.1 Å². The lowest BCUT2D eigenvalue weighted by Gasteiger charge is -2.17. The summed E-state index contributed by atoms with van der Waals surface area (Å²) in [6.07, 6.45) is 5.41. The number of nitrogens with zero attached hydrogens (tertiary/aromatic N) is 2. The molecule has 0 fully saturated rings. The van der Waals surface area contributed by atoms with E-state index in [0.29, 0.717) is 12.6 Å². The zero-order valence-electron chi connectivity index (χ0n) is 8.83. The molecule has 0 spiro atoms. The average molecular weight is 194 g/mol. The van der Waals surface area contributed by atoms with Gasteiger partial charge in [0.2, 0.25) is 0 Å². The first-order chi connectivity index (χ1) is 6.77. The smallest absolute Gasteiger partial charge is 0.147 e. The Balaban J connectivity index is 2.62. The van der Waals surface area contributed by atoms with Crippen LogP contribution >= 0.6 is 0 Å². The monoisotopic (exact) mass is 194 g/mol. The maximum Gasteiger partial charge on any atom is 0.147 e. The predicted molar refractivity (Wildman–Crippen MR) is 58.1 cm³/mol. The number of aryl methyl sites for hydroxylation is 1. The lowest BCUT2D eigenvalue weighted by Crippen LogP contribution is -2.23. The number of nitrogens with two attached hydrogens (primary N) is 1. The van der Waals surface area contributed by atoms with Crippen molar-refractivity contribution in [3.63, 3.8) is 0 Å². The van der Waals surface area contributed by atoms with Crippen molar-refractivity contribution in [2.75, 3.05) is 11.9 Å². The van der Waals surface area contributed by atoms with Crippen LogP contribution in [0.25, 0.3) is 0 Å². The molecule has 1 aromatic heterocycles. The van der Waals surface area contributed by atoms with Gasteiger partial charge in [-0.1, -0.05) is 6.92 Å². The van der Waals surface area contributed by atoms with Crippen LogP contribution in [-0.4, -0.2) is 22.6 Å². The van der Waals surface area contributed by atoms with Gasteiger partial charge >= 0.3 is 0 Å². The van der Waals surface area contributed by atoms with Gasteiger partial charge in [0.15, 0.2) is 0 Å². The van der Waals surface area contributed by atoms with Crippen molar-refractivity contribution in [1.82, 2.24) is 9.97 Å². The van der Waals surface area contributed by atoms with Gasteiger partial charge in [-0.3, -0.25) is 4.98 Å². The largest absolute Gasteiger partial charge is 0.366 e. The fraction of sp³-hybridized carbons (Fsp3) is 0.600. The van der Waals surface area contributed by atoms with Crippen molar-refractivity contribution < 1.29 is 0 Å². The first-order valence-electron chi connectivity index (χ1n) is 5.02. The molecule has 1 rings (SSSR count). The van der Waals surface area contributed by atoms with Crippen molar-refractivity contribution in [2.45, 2.75) is 32.7 Å². The topological polar surface area (TPSA) is 63.8 Å². The van der Waals surface area contributed by atoms with Crippen LogP contribution in [0.2, 0.25) is 0 Å². The lowest BCUT2D eigenvalue weighted by molar-refractivity contribution is 0.638. The van der Waals surface area contributed by atoms with Gasteiger partial charge in [0.05, 0.1) is 5.69 Å². The molecule has 0 amide bonds. The van der Waals surface area contributed by atoms with Crippen LogP contribution in [-0.2, 0) is 0 Å². The molecule has 1 heterocycles. The molecule has 4 nitrogen and oxygen atoms in total. The van der Waals surface area contributed by atoms with Crippen LogP contribution in [0.1, 0.15) is 25.5 Å². The van der Waals surface area contributed by atoms with Crippen molar-refractivity contribution in [3.05, 3.63) is 18.1 Å². The third-order valence-electron chi connectivity index (χ3n) is 2.23. The van der Waals surface area contributed by atoms with E-state index in [2.05, 4.69) is 22.2 Å². The van der Waals surface area contributed by atoms with Gasteiger partial charge in [0.1, 0.15) is 5.82 Å². The predicted octanol–water partition coefficient (Wildman–Crippen LogP) is 1.32. The zero-order chi connectivity index (χ0) is 10.4. The Morgan fingerprint density at radius 3 is 2.71 bits per heavy atom. The summed E-state index contributed by atoms with van der Waals surface area (Å²) in [5.74, 6) is 0.868. The summed E-state index contributed by atoms with van der Waals surface area (Å²) in [4.78, 5) is 8.40. The second-order valence-electron chi connectivity index (χ2n) is 3.32. The normalized spacial score (nSPS) is 12.5. The SMILES string of the molecule is CCC(CCN)Nc1nccnc1C. The molecular formula is C10H18N4. The van der Waals surface area contributed by atoms with Gasteiger partial charge < -0.3 is 11.1 Å². The minimum absolute atomic E-state index is 0.399. The second-order valence-corrected chi connectivity index (χ2v) is 3.32. The molecule has 0 aromatic carbocycles. The fourth-order valence-corrected chi connectivity index (χ4v) is 1.32. The molecule has 0 radical (unpaired) electrons. The highest BCUT2D eigenvalue weighted by Crippen LogP contribution is 2.10. The third-order valence-corrected chi connectivity index (χ3v) is 2.23. The number of rotatable bonds is 5. The Morgan fingerprint density at radius 2 is 2.14 bits per heavy atom. The highest BCUT2D eigenvalue weighted by molar-refractivity contribution is 5.39. The summed E-state index contributed by atoms with van der Waals surface area (Å²) in [7, 11) is 0. The Bertz CT molecular complexity index is 275. The summed E-state index contributed by atoms with van der Waals surface area (Å²) in [6.45, 7) is 4.79. The average Bonchev–Trinajstić information content (AvgIpc) is 2.20. The minimum Gasteiger partial charge on any atom is -0.366 e. The molecule has 0 aliphatic heterocycles. The Morgan fingerprint density at radius 1 is 1.43 bits per heavy atom. The summed E-state index contributed by atoms with van der Waals surface area (Å²) in [5, 5.41) is 3.34. The molecule has 1 unspecified atom stereocenters. The highest BCUT2D eigenvalue weighted by atomic mass is 15.0. The summed E-state index contributed by atoms with van der Waals surface area (Å²) in [6, 6.07) is 0.399. The van der Waals surface area contributed by atoms with Crippen molar-refractivity contribution in [1.29, 1.82) is 0 Å². The zero-order valence-corrected chi connectivity index (χ0v) is 8.83. The summed E-state index contributed by atoms with van der Waals surface area (Å²) < 4.78 is 0. The van der Waals surface area contributed by atoms with Crippen LogP contribution in [0, 0.1) is 6.92 Å². The molecule has 0 aliphatic carbocycles. The van der Waals surface area contributed by atoms with Gasteiger partial charge in [0.25, 0.3) is 0 Å². The Kier molecular flexibility index (Phi) is 4.32. The van der Waals surface area contributed by atoms with Crippen LogP contribution in [0.15, 0.2) is 12.4 Å². The molecule has 0 bridgehead atoms. The van der Waals surface area contributed by atoms with E-state index >= 15 is 0 Å². The molecule has 1 aromatic rings.